The van der Waals surface area contributed by atoms with Crippen molar-refractivity contribution in [3.05, 3.63) is 0 Å². The Hall–Kier alpha value is -0.310. The van der Waals surface area contributed by atoms with E-state index in [0.717, 1.165) is 5.11 Å². The number of hydrogen-bond donors (Lipinski definition) is 1. The molecule has 0 spiro atoms. The van der Waals surface area contributed by atoms with Crippen molar-refractivity contribution in [2.45, 2.75) is 63.5 Å². The van der Waals surface area contributed by atoms with Crippen LogP contribution in [0.5, 0.6) is 0 Å². The fraction of sp³-hybridized carbons (Fsp3) is 0.917. The lowest BCUT2D eigenvalue weighted by Crippen LogP contribution is -2.49. The quantitative estimate of drug-likeness (QED) is 0.729. The summed E-state index contributed by atoms with van der Waals surface area (Å²) in [5, 5.41) is 4.50. The van der Waals surface area contributed by atoms with E-state index < -0.39 is 0 Å². The van der Waals surface area contributed by atoms with Crippen LogP contribution in [0.25, 0.3) is 0 Å². The zero-order valence-corrected chi connectivity index (χ0v) is 10.5. The Morgan fingerprint density at radius 1 is 1.07 bits per heavy atom. The molecule has 2 saturated carbocycles. The van der Waals surface area contributed by atoms with E-state index in [1.165, 1.54) is 51.4 Å². The molecule has 3 heteroatoms. The first-order chi connectivity index (χ1) is 7.27. The van der Waals surface area contributed by atoms with Gasteiger partial charge in [-0.1, -0.05) is 19.3 Å². The molecular weight excluding hydrogens is 204 g/mol. The van der Waals surface area contributed by atoms with E-state index in [1.54, 1.807) is 0 Å². The molecule has 15 heavy (non-hydrogen) atoms. The molecular formula is C12H22N2S. The van der Waals surface area contributed by atoms with Crippen LogP contribution >= 0.6 is 12.2 Å². The predicted octanol–water partition coefficient (Wildman–Crippen LogP) is 2.68. The van der Waals surface area contributed by atoms with Crippen molar-refractivity contribution in [3.63, 3.8) is 0 Å². The van der Waals surface area contributed by atoms with Crippen LogP contribution in [-0.4, -0.2) is 29.1 Å². The molecule has 1 N–H and O–H groups in total. The summed E-state index contributed by atoms with van der Waals surface area (Å²) < 4.78 is 0. The van der Waals surface area contributed by atoms with Crippen LogP contribution in [0.4, 0.5) is 0 Å². The van der Waals surface area contributed by atoms with Gasteiger partial charge in [-0.25, -0.2) is 0 Å². The number of rotatable bonds is 2. The molecule has 86 valence electrons. The standard InChI is InChI=1S/C12H22N2S/c1-14(11-8-5-9-11)12(15)13-10-6-3-2-4-7-10/h10-11H,2-9H2,1H3,(H,13,15). The molecule has 0 amide bonds. The molecule has 0 saturated heterocycles. The summed E-state index contributed by atoms with van der Waals surface area (Å²) in [6.45, 7) is 0. The number of nitrogens with one attached hydrogen (secondary N) is 1. The minimum atomic E-state index is 0.647. The molecule has 0 unspecified atom stereocenters. The first-order valence-electron chi connectivity index (χ1n) is 6.30. The molecule has 0 aromatic heterocycles. The molecule has 2 rings (SSSR count). The maximum atomic E-state index is 5.45. The van der Waals surface area contributed by atoms with Gasteiger partial charge >= 0.3 is 0 Å². The van der Waals surface area contributed by atoms with Crippen molar-refractivity contribution < 1.29 is 0 Å². The van der Waals surface area contributed by atoms with E-state index in [1.807, 2.05) is 0 Å². The molecule has 0 atom stereocenters. The van der Waals surface area contributed by atoms with Gasteiger partial charge in [-0.3, -0.25) is 0 Å². The molecule has 0 radical (unpaired) electrons. The van der Waals surface area contributed by atoms with Crippen LogP contribution < -0.4 is 5.32 Å². The van der Waals surface area contributed by atoms with E-state index in [9.17, 15) is 0 Å². The summed E-state index contributed by atoms with van der Waals surface area (Å²) in [5.41, 5.74) is 0. The maximum absolute atomic E-state index is 5.45. The third-order valence-electron chi connectivity index (χ3n) is 3.88. The van der Waals surface area contributed by atoms with E-state index in [2.05, 4.69) is 17.3 Å². The Balaban J connectivity index is 1.74. The van der Waals surface area contributed by atoms with Gasteiger partial charge in [-0.05, 0) is 44.3 Å². The normalized spacial score (nSPS) is 23.3. The zero-order chi connectivity index (χ0) is 10.7. The maximum Gasteiger partial charge on any atom is 0.169 e. The van der Waals surface area contributed by atoms with Gasteiger partial charge < -0.3 is 10.2 Å². The van der Waals surface area contributed by atoms with Crippen molar-refractivity contribution >= 4 is 17.3 Å². The van der Waals surface area contributed by atoms with Crippen molar-refractivity contribution in [1.82, 2.24) is 10.2 Å². The Bertz CT molecular complexity index is 220. The minimum absolute atomic E-state index is 0.647. The van der Waals surface area contributed by atoms with Crippen LogP contribution in [0, 0.1) is 0 Å². The second kappa shape index (κ2) is 5.15. The Morgan fingerprint density at radius 3 is 2.27 bits per heavy atom. The summed E-state index contributed by atoms with van der Waals surface area (Å²) in [7, 11) is 2.14. The smallest absolute Gasteiger partial charge is 0.169 e. The van der Waals surface area contributed by atoms with E-state index in [4.69, 9.17) is 12.2 Å². The molecule has 2 aliphatic carbocycles. The summed E-state index contributed by atoms with van der Waals surface area (Å²) in [6, 6.07) is 1.36. The van der Waals surface area contributed by atoms with E-state index in [-0.39, 0.29) is 0 Å². The van der Waals surface area contributed by atoms with Crippen LogP contribution in [0.15, 0.2) is 0 Å². The predicted molar refractivity (Wildman–Crippen MR) is 68.0 cm³/mol. The third-order valence-corrected chi connectivity index (χ3v) is 4.28. The van der Waals surface area contributed by atoms with Crippen molar-refractivity contribution in [2.24, 2.45) is 0 Å². The highest BCUT2D eigenvalue weighted by molar-refractivity contribution is 7.80. The lowest BCUT2D eigenvalue weighted by Gasteiger charge is -2.38. The molecule has 0 heterocycles. The van der Waals surface area contributed by atoms with Gasteiger partial charge in [0.2, 0.25) is 0 Å². The van der Waals surface area contributed by atoms with Gasteiger partial charge in [-0.2, -0.15) is 0 Å². The largest absolute Gasteiger partial charge is 0.360 e. The average Bonchev–Trinajstić information content (AvgIpc) is 2.16. The highest BCUT2D eigenvalue weighted by Gasteiger charge is 2.25. The zero-order valence-electron chi connectivity index (χ0n) is 9.67. The van der Waals surface area contributed by atoms with Crippen LogP contribution in [0.3, 0.4) is 0 Å². The van der Waals surface area contributed by atoms with E-state index in [0.29, 0.717) is 12.1 Å². The fourth-order valence-corrected chi connectivity index (χ4v) is 2.78. The summed E-state index contributed by atoms with van der Waals surface area (Å²) >= 11 is 5.45. The second-order valence-electron chi connectivity index (χ2n) is 4.98. The molecule has 0 bridgehead atoms. The highest BCUT2D eigenvalue weighted by atomic mass is 32.1. The summed E-state index contributed by atoms with van der Waals surface area (Å²) in [4.78, 5) is 2.27. The molecule has 0 aliphatic heterocycles. The molecule has 2 fully saturated rings. The van der Waals surface area contributed by atoms with Crippen molar-refractivity contribution in [1.29, 1.82) is 0 Å². The minimum Gasteiger partial charge on any atom is -0.360 e. The van der Waals surface area contributed by atoms with Crippen LogP contribution in [0.2, 0.25) is 0 Å². The first-order valence-corrected chi connectivity index (χ1v) is 6.71. The molecule has 0 aromatic carbocycles. The second-order valence-corrected chi connectivity index (χ2v) is 5.37. The van der Waals surface area contributed by atoms with Crippen molar-refractivity contribution in [2.75, 3.05) is 7.05 Å². The highest BCUT2D eigenvalue weighted by Crippen LogP contribution is 2.24. The van der Waals surface area contributed by atoms with Crippen LogP contribution in [0.1, 0.15) is 51.4 Å². The Morgan fingerprint density at radius 2 is 1.73 bits per heavy atom. The van der Waals surface area contributed by atoms with E-state index >= 15 is 0 Å². The van der Waals surface area contributed by atoms with Gasteiger partial charge in [0.1, 0.15) is 0 Å². The number of thiocarbonyl (C=S) groups is 1. The summed E-state index contributed by atoms with van der Waals surface area (Å²) in [6.07, 6.45) is 10.8. The lowest BCUT2D eigenvalue weighted by atomic mass is 9.92. The number of nitrogens with zero attached hydrogens (tertiary/aromatic N) is 1. The average molecular weight is 226 g/mol. The van der Waals surface area contributed by atoms with Crippen LogP contribution in [-0.2, 0) is 0 Å². The molecule has 2 nitrogen and oxygen atoms in total. The molecule has 2 aliphatic rings. The monoisotopic (exact) mass is 226 g/mol. The Kier molecular flexibility index (Phi) is 3.84. The topological polar surface area (TPSA) is 15.3 Å². The third kappa shape index (κ3) is 2.83. The lowest BCUT2D eigenvalue weighted by molar-refractivity contribution is 0.235. The fourth-order valence-electron chi connectivity index (χ4n) is 2.46. The summed E-state index contributed by atoms with van der Waals surface area (Å²) in [5.74, 6) is 0. The van der Waals surface area contributed by atoms with Gasteiger partial charge in [0.25, 0.3) is 0 Å². The molecule has 0 aromatic rings. The number of hydrogen-bond acceptors (Lipinski definition) is 1. The SMILES string of the molecule is CN(C(=S)NC1CCCCC1)C1CCC1. The van der Waals surface area contributed by atoms with Gasteiger partial charge in [0.15, 0.2) is 5.11 Å². The van der Waals surface area contributed by atoms with Gasteiger partial charge in [-0.15, -0.1) is 0 Å². The Labute approximate surface area is 98.4 Å². The van der Waals surface area contributed by atoms with Gasteiger partial charge in [0, 0.05) is 19.1 Å². The first kappa shape index (κ1) is 11.2. The van der Waals surface area contributed by atoms with Gasteiger partial charge in [0.05, 0.1) is 0 Å². The van der Waals surface area contributed by atoms with Crippen molar-refractivity contribution in [3.8, 4) is 0 Å².